The topological polar surface area (TPSA) is 70.9 Å². The number of hydrogen-bond donors (Lipinski definition) is 2. The molecule has 1 amide bonds. The summed E-state index contributed by atoms with van der Waals surface area (Å²) in [5.41, 5.74) is 0.599. The van der Waals surface area contributed by atoms with E-state index in [1.54, 1.807) is 28.6 Å². The third-order valence-electron chi connectivity index (χ3n) is 4.82. The maximum atomic E-state index is 12.8. The number of hydrogen-bond acceptors (Lipinski definition) is 3. The first-order valence-electron chi connectivity index (χ1n) is 8.43. The molecule has 0 aromatic heterocycles. The number of nitrogens with one attached hydrogen (secondary N) is 2. The quantitative estimate of drug-likeness (QED) is 0.819. The molecule has 1 aromatic rings. The molecule has 2 rings (SSSR count). The lowest BCUT2D eigenvalue weighted by atomic mass is 10.0. The van der Waals surface area contributed by atoms with Crippen LogP contribution < -0.4 is 10.2 Å². The van der Waals surface area contributed by atoms with Crippen LogP contribution in [0, 0.1) is 0 Å². The molecular weight excluding hydrogens is 326 g/mol. The van der Waals surface area contributed by atoms with Crippen molar-refractivity contribution in [3.63, 3.8) is 0 Å². The van der Waals surface area contributed by atoms with Crippen molar-refractivity contribution in [3.8, 4) is 0 Å². The summed E-state index contributed by atoms with van der Waals surface area (Å²) < 4.78 is 27.1. The number of rotatable bonds is 5. The van der Waals surface area contributed by atoms with Crippen molar-refractivity contribution in [1.82, 2.24) is 4.31 Å². The minimum absolute atomic E-state index is 0.176. The molecule has 24 heavy (non-hydrogen) atoms. The number of nitrogens with zero attached hydrogens (tertiary/aromatic N) is 1. The number of quaternary nitrogens is 1. The first-order chi connectivity index (χ1) is 11.2. The van der Waals surface area contributed by atoms with E-state index in [9.17, 15) is 13.2 Å². The average molecular weight is 354 g/mol. The maximum absolute atomic E-state index is 12.8. The van der Waals surface area contributed by atoms with Crippen molar-refractivity contribution in [2.75, 3.05) is 25.5 Å². The Bertz CT molecular complexity index is 663. The van der Waals surface area contributed by atoms with E-state index >= 15 is 0 Å². The molecule has 1 saturated heterocycles. The molecule has 2 N–H and O–H groups in total. The summed E-state index contributed by atoms with van der Waals surface area (Å²) in [6.45, 7) is 6.92. The number of anilines is 1. The zero-order valence-corrected chi connectivity index (χ0v) is 15.7. The van der Waals surface area contributed by atoms with Gasteiger partial charge in [0.25, 0.3) is 0 Å². The van der Waals surface area contributed by atoms with E-state index in [4.69, 9.17) is 0 Å². The largest absolute Gasteiger partial charge is 0.333 e. The van der Waals surface area contributed by atoms with Gasteiger partial charge in [0.05, 0.1) is 24.0 Å². The van der Waals surface area contributed by atoms with Crippen molar-refractivity contribution in [1.29, 1.82) is 0 Å². The standard InChI is InChI=1S/C17H27N3O3S/c1-13(2)19(4)16-9-11-20(12-10-16)24(22,23)17-7-5-15(6-8-17)18-14(3)21/h5-8,13,16H,9-12H2,1-4H3,(H,18,21)/p+1. The molecule has 6 nitrogen and oxygen atoms in total. The molecule has 0 bridgehead atoms. The molecule has 0 radical (unpaired) electrons. The molecule has 134 valence electrons. The van der Waals surface area contributed by atoms with Crippen LogP contribution in [0.1, 0.15) is 33.6 Å². The monoisotopic (exact) mass is 354 g/mol. The highest BCUT2D eigenvalue weighted by molar-refractivity contribution is 7.89. The van der Waals surface area contributed by atoms with Crippen LogP contribution in [0.15, 0.2) is 29.2 Å². The van der Waals surface area contributed by atoms with E-state index in [2.05, 4.69) is 26.2 Å². The predicted octanol–water partition coefficient (Wildman–Crippen LogP) is 0.721. The molecule has 1 aliphatic heterocycles. The van der Waals surface area contributed by atoms with Crippen molar-refractivity contribution in [2.24, 2.45) is 0 Å². The number of piperidine rings is 1. The summed E-state index contributed by atoms with van der Waals surface area (Å²) in [5.74, 6) is -0.176. The van der Waals surface area contributed by atoms with E-state index in [-0.39, 0.29) is 10.8 Å². The molecule has 1 atom stereocenters. The summed E-state index contributed by atoms with van der Waals surface area (Å²) in [5, 5.41) is 2.64. The fourth-order valence-corrected chi connectivity index (χ4v) is 4.56. The minimum atomic E-state index is -3.47. The first-order valence-corrected chi connectivity index (χ1v) is 9.87. The van der Waals surface area contributed by atoms with Crippen molar-refractivity contribution in [2.45, 2.75) is 50.6 Å². The van der Waals surface area contributed by atoms with Crippen molar-refractivity contribution < 1.29 is 18.1 Å². The summed E-state index contributed by atoms with van der Waals surface area (Å²) in [6, 6.07) is 7.41. The highest BCUT2D eigenvalue weighted by Gasteiger charge is 2.33. The van der Waals surface area contributed by atoms with Gasteiger partial charge in [-0.25, -0.2) is 8.42 Å². The maximum Gasteiger partial charge on any atom is 0.243 e. The Morgan fingerprint density at radius 2 is 1.75 bits per heavy atom. The van der Waals surface area contributed by atoms with Crippen LogP contribution in [0.25, 0.3) is 0 Å². The Morgan fingerprint density at radius 3 is 2.21 bits per heavy atom. The van der Waals surface area contributed by atoms with E-state index < -0.39 is 10.0 Å². The third-order valence-corrected chi connectivity index (χ3v) is 6.73. The van der Waals surface area contributed by atoms with E-state index in [1.165, 1.54) is 11.8 Å². The van der Waals surface area contributed by atoms with Gasteiger partial charge in [-0.2, -0.15) is 4.31 Å². The fourth-order valence-electron chi connectivity index (χ4n) is 3.09. The lowest BCUT2D eigenvalue weighted by Gasteiger charge is -2.35. The zero-order chi connectivity index (χ0) is 17.9. The van der Waals surface area contributed by atoms with Gasteiger partial charge < -0.3 is 10.2 Å². The summed E-state index contributed by atoms with van der Waals surface area (Å²) in [7, 11) is -1.28. The average Bonchev–Trinajstić information content (AvgIpc) is 2.54. The van der Waals surface area contributed by atoms with Gasteiger partial charge in [0.15, 0.2) is 0 Å². The van der Waals surface area contributed by atoms with Gasteiger partial charge in [0.1, 0.15) is 0 Å². The van der Waals surface area contributed by atoms with Gasteiger partial charge in [-0.3, -0.25) is 4.79 Å². The second kappa shape index (κ2) is 7.63. The van der Waals surface area contributed by atoms with Gasteiger partial charge in [0, 0.05) is 38.5 Å². The Hall–Kier alpha value is -1.44. The zero-order valence-electron chi connectivity index (χ0n) is 14.9. The SMILES string of the molecule is CC(=O)Nc1ccc(S(=O)(=O)N2CCC([NH+](C)C(C)C)CC2)cc1. The fraction of sp³-hybridized carbons (Fsp3) is 0.588. The van der Waals surface area contributed by atoms with Gasteiger partial charge >= 0.3 is 0 Å². The Kier molecular flexibility index (Phi) is 6.01. The second-order valence-corrected chi connectivity index (χ2v) is 8.72. The molecular formula is C17H28N3O3S+. The van der Waals surface area contributed by atoms with Crippen LogP contribution in [0.3, 0.4) is 0 Å². The molecule has 1 unspecified atom stereocenters. The molecule has 0 saturated carbocycles. The van der Waals surface area contributed by atoms with E-state index in [1.807, 2.05) is 0 Å². The Labute approximate surface area is 144 Å². The normalized spacial score (nSPS) is 18.5. The molecule has 0 aliphatic carbocycles. The number of amides is 1. The second-order valence-electron chi connectivity index (χ2n) is 6.78. The summed E-state index contributed by atoms with van der Waals surface area (Å²) >= 11 is 0. The molecule has 1 heterocycles. The number of benzene rings is 1. The highest BCUT2D eigenvalue weighted by Crippen LogP contribution is 2.21. The van der Waals surface area contributed by atoms with Crippen molar-refractivity contribution in [3.05, 3.63) is 24.3 Å². The van der Waals surface area contributed by atoms with Crippen molar-refractivity contribution >= 4 is 21.6 Å². The Balaban J connectivity index is 2.05. The molecule has 0 spiro atoms. The summed E-state index contributed by atoms with van der Waals surface area (Å²) in [6.07, 6.45) is 1.76. The smallest absolute Gasteiger partial charge is 0.243 e. The number of carbonyl (C=O) groups excluding carboxylic acids is 1. The summed E-state index contributed by atoms with van der Waals surface area (Å²) in [4.78, 5) is 12.8. The van der Waals surface area contributed by atoms with Gasteiger partial charge in [-0.05, 0) is 38.1 Å². The van der Waals surface area contributed by atoms with Crippen LogP contribution in [0.4, 0.5) is 5.69 Å². The van der Waals surface area contributed by atoms with E-state index in [0.717, 1.165) is 12.8 Å². The van der Waals surface area contributed by atoms with Crippen LogP contribution in [-0.4, -0.2) is 50.9 Å². The molecule has 1 aliphatic rings. The van der Waals surface area contributed by atoms with Crippen LogP contribution in [-0.2, 0) is 14.8 Å². The van der Waals surface area contributed by atoms with Gasteiger partial charge in [-0.15, -0.1) is 0 Å². The number of sulfonamides is 1. The lowest BCUT2D eigenvalue weighted by Crippen LogP contribution is -3.16. The first kappa shape index (κ1) is 18.9. The molecule has 7 heteroatoms. The van der Waals surface area contributed by atoms with Crippen LogP contribution in [0.5, 0.6) is 0 Å². The predicted molar refractivity (Wildman–Crippen MR) is 94.5 cm³/mol. The van der Waals surface area contributed by atoms with Crippen LogP contribution >= 0.6 is 0 Å². The lowest BCUT2D eigenvalue weighted by molar-refractivity contribution is -0.928. The molecule has 1 fully saturated rings. The third kappa shape index (κ3) is 4.34. The number of carbonyl (C=O) groups is 1. The Morgan fingerprint density at radius 1 is 1.21 bits per heavy atom. The highest BCUT2D eigenvalue weighted by atomic mass is 32.2. The van der Waals surface area contributed by atoms with Crippen LogP contribution in [0.2, 0.25) is 0 Å². The molecule has 1 aromatic carbocycles. The van der Waals surface area contributed by atoms with Gasteiger partial charge in [-0.1, -0.05) is 0 Å². The minimum Gasteiger partial charge on any atom is -0.333 e. The van der Waals surface area contributed by atoms with E-state index in [0.29, 0.717) is 30.9 Å². The van der Waals surface area contributed by atoms with Gasteiger partial charge in [0.2, 0.25) is 15.9 Å².